The Hall–Kier alpha value is -2.85. The number of nitrogen functional groups attached to an aromatic ring is 1. The van der Waals surface area contributed by atoms with Crippen LogP contribution in [0.4, 0.5) is 30.4 Å². The van der Waals surface area contributed by atoms with Crippen molar-refractivity contribution in [1.29, 1.82) is 0 Å². The van der Waals surface area contributed by atoms with Gasteiger partial charge in [0.15, 0.2) is 5.65 Å². The zero-order valence-electron chi connectivity index (χ0n) is 18.3. The van der Waals surface area contributed by atoms with E-state index in [9.17, 15) is 13.2 Å². The first-order valence-electron chi connectivity index (χ1n) is 10.7. The number of fused-ring (bicyclic) bond motifs is 1. The molecule has 4 rings (SSSR count). The number of halogens is 4. The Kier molecular flexibility index (Phi) is 6.49. The fourth-order valence-corrected chi connectivity index (χ4v) is 4.12. The number of hydrogen-bond acceptors (Lipinski definition) is 7. The lowest BCUT2D eigenvalue weighted by Gasteiger charge is -2.35. The number of hydrogen-bond donors (Lipinski definition) is 2. The van der Waals surface area contributed by atoms with Crippen molar-refractivity contribution < 1.29 is 13.2 Å². The second-order valence-corrected chi connectivity index (χ2v) is 8.42. The zero-order chi connectivity index (χ0) is 23.8. The molecular weight excluding hydrogens is 455 g/mol. The van der Waals surface area contributed by atoms with E-state index in [0.29, 0.717) is 22.4 Å². The molecule has 0 amide bonds. The van der Waals surface area contributed by atoms with Crippen molar-refractivity contribution in [3.8, 4) is 0 Å². The number of nitrogens with zero attached hydrogens (tertiary/aromatic N) is 5. The number of likely N-dealkylation sites (N-methyl/N-ethyl adjacent to an activating group) is 1. The van der Waals surface area contributed by atoms with Crippen LogP contribution < -0.4 is 16.0 Å². The molecule has 0 radical (unpaired) electrons. The average molecular weight is 480 g/mol. The fraction of sp³-hybridized carbons (Fsp3) is 0.409. The number of nitrogens with one attached hydrogen (secondary N) is 1. The minimum atomic E-state index is -4.49. The number of piperazine rings is 1. The molecule has 7 nitrogen and oxygen atoms in total. The van der Waals surface area contributed by atoms with E-state index in [1.54, 1.807) is 13.1 Å². The maximum atomic E-state index is 13.2. The molecule has 1 aliphatic rings. The van der Waals surface area contributed by atoms with Crippen LogP contribution >= 0.6 is 11.6 Å². The minimum absolute atomic E-state index is 0.00225. The molecule has 1 fully saturated rings. The van der Waals surface area contributed by atoms with Crippen LogP contribution in [-0.4, -0.2) is 52.6 Å². The Bertz CT molecular complexity index is 1150. The molecule has 1 atom stereocenters. The van der Waals surface area contributed by atoms with Crippen molar-refractivity contribution in [2.75, 3.05) is 48.7 Å². The van der Waals surface area contributed by atoms with Gasteiger partial charge in [0.25, 0.3) is 0 Å². The van der Waals surface area contributed by atoms with Gasteiger partial charge in [-0.25, -0.2) is 9.97 Å². The summed E-state index contributed by atoms with van der Waals surface area (Å²) in [4.78, 5) is 17.6. The van der Waals surface area contributed by atoms with Gasteiger partial charge in [0.05, 0.1) is 28.9 Å². The second kappa shape index (κ2) is 9.18. The lowest BCUT2D eigenvalue weighted by atomic mass is 10.0. The molecule has 11 heteroatoms. The largest absolute Gasteiger partial charge is 0.416 e. The molecule has 3 heterocycles. The van der Waals surface area contributed by atoms with Crippen LogP contribution in [-0.2, 0) is 6.18 Å². The molecule has 1 aromatic carbocycles. The molecule has 0 saturated carbocycles. The van der Waals surface area contributed by atoms with E-state index in [2.05, 4.69) is 37.0 Å². The van der Waals surface area contributed by atoms with Crippen LogP contribution in [0.15, 0.2) is 30.5 Å². The van der Waals surface area contributed by atoms with E-state index in [0.717, 1.165) is 50.5 Å². The summed E-state index contributed by atoms with van der Waals surface area (Å²) >= 11 is 6.10. The first kappa shape index (κ1) is 23.3. The predicted molar refractivity (Wildman–Crippen MR) is 125 cm³/mol. The van der Waals surface area contributed by atoms with Gasteiger partial charge in [-0.05, 0) is 54.9 Å². The molecule has 1 unspecified atom stereocenters. The Labute approximate surface area is 194 Å². The number of anilines is 3. The zero-order valence-corrected chi connectivity index (χ0v) is 19.1. The molecule has 176 valence electrons. The van der Waals surface area contributed by atoms with E-state index < -0.39 is 17.8 Å². The molecule has 0 bridgehead atoms. The van der Waals surface area contributed by atoms with Crippen molar-refractivity contribution in [3.05, 3.63) is 46.9 Å². The Morgan fingerprint density at radius 2 is 1.85 bits per heavy atom. The molecule has 33 heavy (non-hydrogen) atoms. The number of benzene rings is 1. The third-order valence-electron chi connectivity index (χ3n) is 5.85. The molecule has 0 spiro atoms. The normalized spacial score (nSPS) is 16.2. The summed E-state index contributed by atoms with van der Waals surface area (Å²) in [5, 5.41) is 3.81. The number of rotatable bonds is 5. The van der Waals surface area contributed by atoms with Crippen molar-refractivity contribution in [3.63, 3.8) is 0 Å². The molecule has 2 aromatic heterocycles. The third-order valence-corrected chi connectivity index (χ3v) is 6.02. The fourth-order valence-electron chi connectivity index (χ4n) is 3.96. The Morgan fingerprint density at radius 1 is 1.12 bits per heavy atom. The van der Waals surface area contributed by atoms with Gasteiger partial charge in [0.2, 0.25) is 5.28 Å². The summed E-state index contributed by atoms with van der Waals surface area (Å²) in [6.07, 6.45) is -2.73. The quantitative estimate of drug-likeness (QED) is 0.409. The lowest BCUT2D eigenvalue weighted by Crippen LogP contribution is -2.46. The third kappa shape index (κ3) is 5.22. The van der Waals surface area contributed by atoms with Gasteiger partial charge in [0, 0.05) is 31.9 Å². The van der Waals surface area contributed by atoms with Crippen LogP contribution in [0, 0.1) is 0 Å². The Balaban J connectivity index is 1.65. The minimum Gasteiger partial charge on any atom is -0.399 e. The first-order valence-corrected chi connectivity index (χ1v) is 11.1. The number of nitrogens with two attached hydrogens (primary N) is 1. The summed E-state index contributed by atoms with van der Waals surface area (Å²) in [5.74, 6) is 0.398. The monoisotopic (exact) mass is 479 g/mol. The lowest BCUT2D eigenvalue weighted by molar-refractivity contribution is -0.137. The molecular formula is C22H25ClF3N7. The van der Waals surface area contributed by atoms with Gasteiger partial charge in [-0.3, -0.25) is 0 Å². The van der Waals surface area contributed by atoms with Crippen LogP contribution in [0.5, 0.6) is 0 Å². The highest BCUT2D eigenvalue weighted by molar-refractivity contribution is 6.28. The van der Waals surface area contributed by atoms with Gasteiger partial charge in [-0.2, -0.15) is 18.2 Å². The van der Waals surface area contributed by atoms with Crippen LogP contribution in [0.3, 0.4) is 0 Å². The standard InChI is InChI=1S/C22H25ClF3N7/c1-3-32-4-6-33(7-5-32)17-11-18-19(28-12-17)30-21(23)31-20(18)29-13(2)14-8-15(22(24,25)26)10-16(27)9-14/h8-13H,3-7,27H2,1-2H3,(H,28,29,30,31). The van der Waals surface area contributed by atoms with E-state index in [4.69, 9.17) is 17.3 Å². The van der Waals surface area contributed by atoms with Gasteiger partial charge in [-0.1, -0.05) is 6.92 Å². The van der Waals surface area contributed by atoms with E-state index >= 15 is 0 Å². The van der Waals surface area contributed by atoms with Gasteiger partial charge in [-0.15, -0.1) is 0 Å². The summed E-state index contributed by atoms with van der Waals surface area (Å²) in [6.45, 7) is 8.57. The van der Waals surface area contributed by atoms with Crippen LogP contribution in [0.1, 0.15) is 31.0 Å². The van der Waals surface area contributed by atoms with E-state index in [-0.39, 0.29) is 11.0 Å². The first-order chi connectivity index (χ1) is 15.6. The van der Waals surface area contributed by atoms with Crippen molar-refractivity contribution in [2.24, 2.45) is 0 Å². The molecule has 1 saturated heterocycles. The highest BCUT2D eigenvalue weighted by Gasteiger charge is 2.31. The van der Waals surface area contributed by atoms with Crippen LogP contribution in [0.2, 0.25) is 5.28 Å². The molecule has 3 N–H and O–H groups in total. The SMILES string of the molecule is CCN1CCN(c2cnc3nc(Cl)nc(NC(C)c4cc(N)cc(C(F)(F)F)c4)c3c2)CC1. The number of pyridine rings is 1. The maximum absolute atomic E-state index is 13.2. The van der Waals surface area contributed by atoms with Gasteiger partial charge >= 0.3 is 6.18 Å². The Morgan fingerprint density at radius 3 is 2.52 bits per heavy atom. The highest BCUT2D eigenvalue weighted by atomic mass is 35.5. The second-order valence-electron chi connectivity index (χ2n) is 8.08. The van der Waals surface area contributed by atoms with Gasteiger partial charge in [0.1, 0.15) is 5.82 Å². The summed E-state index contributed by atoms with van der Waals surface area (Å²) in [6, 6.07) is 4.92. The molecule has 1 aliphatic heterocycles. The predicted octanol–water partition coefficient (Wildman–Crippen LogP) is 4.59. The topological polar surface area (TPSA) is 83.2 Å². The molecule has 0 aliphatic carbocycles. The number of alkyl halides is 3. The smallest absolute Gasteiger partial charge is 0.399 e. The maximum Gasteiger partial charge on any atom is 0.416 e. The molecule has 3 aromatic rings. The van der Waals surface area contributed by atoms with Crippen LogP contribution in [0.25, 0.3) is 11.0 Å². The highest BCUT2D eigenvalue weighted by Crippen LogP contribution is 2.34. The van der Waals surface area contributed by atoms with Gasteiger partial charge < -0.3 is 20.9 Å². The van der Waals surface area contributed by atoms with E-state index in [1.165, 1.54) is 6.07 Å². The van der Waals surface area contributed by atoms with Crippen molar-refractivity contribution in [1.82, 2.24) is 19.9 Å². The van der Waals surface area contributed by atoms with E-state index in [1.807, 2.05) is 6.07 Å². The van der Waals surface area contributed by atoms with Crippen molar-refractivity contribution >= 4 is 39.8 Å². The van der Waals surface area contributed by atoms with Crippen molar-refractivity contribution in [2.45, 2.75) is 26.1 Å². The average Bonchev–Trinajstić information content (AvgIpc) is 2.78. The summed E-state index contributed by atoms with van der Waals surface area (Å²) in [5.41, 5.74) is 6.69. The number of aromatic nitrogens is 3. The summed E-state index contributed by atoms with van der Waals surface area (Å²) in [7, 11) is 0. The summed E-state index contributed by atoms with van der Waals surface area (Å²) < 4.78 is 39.7.